The first-order valence-electron chi connectivity index (χ1n) is 8.81. The van der Waals surface area contributed by atoms with Crippen LogP contribution < -0.4 is 19.7 Å². The van der Waals surface area contributed by atoms with Gasteiger partial charge in [0.1, 0.15) is 0 Å². The molecule has 0 bridgehead atoms. The summed E-state index contributed by atoms with van der Waals surface area (Å²) in [6.07, 6.45) is 0.0428. The highest BCUT2D eigenvalue weighted by Gasteiger charge is 2.36. The highest BCUT2D eigenvalue weighted by molar-refractivity contribution is 7.10. The molecule has 2 amide bonds. The van der Waals surface area contributed by atoms with Crippen molar-refractivity contribution in [2.24, 2.45) is 5.92 Å². The Bertz CT molecular complexity index is 931. The summed E-state index contributed by atoms with van der Waals surface area (Å²) in [4.78, 5) is 38.5. The van der Waals surface area contributed by atoms with Crippen molar-refractivity contribution in [2.45, 2.75) is 13.3 Å². The van der Waals surface area contributed by atoms with E-state index >= 15 is 0 Å². The lowest BCUT2D eigenvalue weighted by Crippen LogP contribution is -2.28. The zero-order valence-electron chi connectivity index (χ0n) is 16.1. The standard InChI is InChI=1S/C18H20N4O6S/c1-4-28-18(25)15-17(29-21-20-15)19-16(24)10-7-14(23)22(9-10)11-5-6-12(26-2)13(8-11)27-3/h5-6,8,10H,4,7,9H2,1-3H3,(H,19,24). The summed E-state index contributed by atoms with van der Waals surface area (Å²) >= 11 is 0.875. The van der Waals surface area contributed by atoms with Gasteiger partial charge in [-0.1, -0.05) is 4.49 Å². The van der Waals surface area contributed by atoms with E-state index in [0.29, 0.717) is 17.2 Å². The van der Waals surface area contributed by atoms with Gasteiger partial charge in [-0.2, -0.15) is 0 Å². The summed E-state index contributed by atoms with van der Waals surface area (Å²) in [7, 11) is 3.03. The van der Waals surface area contributed by atoms with Crippen LogP contribution in [0.2, 0.25) is 0 Å². The van der Waals surface area contributed by atoms with Crippen LogP contribution in [-0.2, 0) is 14.3 Å². The second kappa shape index (κ2) is 8.86. The molecular formula is C18H20N4O6S. The summed E-state index contributed by atoms with van der Waals surface area (Å²) in [5.74, 6) is -0.802. The summed E-state index contributed by atoms with van der Waals surface area (Å²) in [6, 6.07) is 5.11. The quantitative estimate of drug-likeness (QED) is 0.673. The average Bonchev–Trinajstić information content (AvgIpc) is 3.34. The van der Waals surface area contributed by atoms with E-state index in [1.807, 2.05) is 0 Å². The third-order valence-corrected chi connectivity index (χ3v) is 5.01. The predicted octanol–water partition coefficient (Wildman–Crippen LogP) is 1.72. The number of hydrogen-bond acceptors (Lipinski definition) is 9. The first kappa shape index (κ1) is 20.5. The molecule has 154 valence electrons. The molecule has 1 aliphatic heterocycles. The van der Waals surface area contributed by atoms with Crippen molar-refractivity contribution in [3.8, 4) is 11.5 Å². The highest BCUT2D eigenvalue weighted by Crippen LogP contribution is 2.34. The smallest absolute Gasteiger partial charge is 0.362 e. The van der Waals surface area contributed by atoms with E-state index < -0.39 is 17.8 Å². The summed E-state index contributed by atoms with van der Waals surface area (Å²) in [5, 5.41) is 6.54. The van der Waals surface area contributed by atoms with E-state index in [1.165, 1.54) is 19.1 Å². The Balaban J connectivity index is 1.71. The third kappa shape index (κ3) is 4.29. The van der Waals surface area contributed by atoms with Gasteiger partial charge in [-0.25, -0.2) is 4.79 Å². The number of nitrogens with one attached hydrogen (secondary N) is 1. The molecular weight excluding hydrogens is 400 g/mol. The predicted molar refractivity (Wildman–Crippen MR) is 105 cm³/mol. The molecule has 1 atom stereocenters. The molecule has 2 heterocycles. The van der Waals surface area contributed by atoms with Crippen molar-refractivity contribution in [3.63, 3.8) is 0 Å². The first-order valence-corrected chi connectivity index (χ1v) is 9.58. The van der Waals surface area contributed by atoms with Crippen LogP contribution in [0.3, 0.4) is 0 Å². The SMILES string of the molecule is CCOC(=O)c1nnsc1NC(=O)C1CC(=O)N(c2ccc(OC)c(OC)c2)C1. The molecule has 11 heteroatoms. The number of esters is 1. The number of rotatable bonds is 7. The summed E-state index contributed by atoms with van der Waals surface area (Å²) in [5.41, 5.74) is 0.556. The molecule has 2 aromatic rings. The van der Waals surface area contributed by atoms with Gasteiger partial charge in [0.15, 0.2) is 16.5 Å². The Labute approximate surface area is 170 Å². The lowest BCUT2D eigenvalue weighted by Gasteiger charge is -2.18. The Hall–Kier alpha value is -3.21. The molecule has 0 spiro atoms. The second-order valence-corrected chi connectivity index (χ2v) is 6.86. The van der Waals surface area contributed by atoms with Gasteiger partial charge in [0.2, 0.25) is 17.5 Å². The van der Waals surface area contributed by atoms with E-state index in [1.54, 1.807) is 25.1 Å². The highest BCUT2D eigenvalue weighted by atomic mass is 32.1. The number of benzene rings is 1. The fourth-order valence-corrected chi connectivity index (χ4v) is 3.51. The molecule has 0 saturated carbocycles. The van der Waals surface area contributed by atoms with Crippen molar-refractivity contribution >= 4 is 40.0 Å². The monoisotopic (exact) mass is 420 g/mol. The van der Waals surface area contributed by atoms with Crippen molar-refractivity contribution in [1.82, 2.24) is 9.59 Å². The lowest BCUT2D eigenvalue weighted by molar-refractivity contribution is -0.122. The Morgan fingerprint density at radius 3 is 2.72 bits per heavy atom. The van der Waals surface area contributed by atoms with Crippen molar-refractivity contribution in [2.75, 3.05) is 37.6 Å². The fraction of sp³-hybridized carbons (Fsp3) is 0.389. The maximum absolute atomic E-state index is 12.7. The van der Waals surface area contributed by atoms with Crippen LogP contribution in [0.1, 0.15) is 23.8 Å². The van der Waals surface area contributed by atoms with Crippen LogP contribution in [-0.4, -0.2) is 54.7 Å². The molecule has 3 rings (SSSR count). The minimum absolute atomic E-state index is 0.0428. The molecule has 10 nitrogen and oxygen atoms in total. The second-order valence-electron chi connectivity index (χ2n) is 6.11. The number of anilines is 2. The van der Waals surface area contributed by atoms with E-state index in [4.69, 9.17) is 14.2 Å². The molecule has 1 aromatic carbocycles. The van der Waals surface area contributed by atoms with Crippen LogP contribution in [0.4, 0.5) is 10.7 Å². The van der Waals surface area contributed by atoms with Gasteiger partial charge >= 0.3 is 5.97 Å². The fourth-order valence-electron chi connectivity index (χ4n) is 2.95. The maximum Gasteiger partial charge on any atom is 0.362 e. The topological polar surface area (TPSA) is 120 Å². The Morgan fingerprint density at radius 2 is 2.03 bits per heavy atom. The first-order chi connectivity index (χ1) is 14.0. The number of carbonyl (C=O) groups is 3. The molecule has 0 aliphatic carbocycles. The number of methoxy groups -OCH3 is 2. The van der Waals surface area contributed by atoms with Gasteiger partial charge in [-0.05, 0) is 19.1 Å². The maximum atomic E-state index is 12.7. The molecule has 1 fully saturated rings. The number of ether oxygens (including phenoxy) is 3. The van der Waals surface area contributed by atoms with Gasteiger partial charge in [-0.15, -0.1) is 5.10 Å². The van der Waals surface area contributed by atoms with Crippen LogP contribution in [0.25, 0.3) is 0 Å². The van der Waals surface area contributed by atoms with Gasteiger partial charge in [0, 0.05) is 36.3 Å². The van der Waals surface area contributed by atoms with Crippen molar-refractivity contribution in [1.29, 1.82) is 0 Å². The van der Waals surface area contributed by atoms with Crippen molar-refractivity contribution < 1.29 is 28.6 Å². The van der Waals surface area contributed by atoms with Crippen LogP contribution in [0.15, 0.2) is 18.2 Å². The number of amides is 2. The molecule has 1 N–H and O–H groups in total. The van der Waals surface area contributed by atoms with E-state index in [0.717, 1.165) is 11.5 Å². The van der Waals surface area contributed by atoms with Crippen LogP contribution in [0, 0.1) is 5.92 Å². The van der Waals surface area contributed by atoms with Gasteiger partial charge in [-0.3, -0.25) is 9.59 Å². The van der Waals surface area contributed by atoms with E-state index in [-0.39, 0.29) is 36.2 Å². The van der Waals surface area contributed by atoms with E-state index in [9.17, 15) is 14.4 Å². The number of aromatic nitrogens is 2. The van der Waals surface area contributed by atoms with Crippen LogP contribution in [0.5, 0.6) is 11.5 Å². The Kier molecular flexibility index (Phi) is 6.27. The normalized spacial score (nSPS) is 15.9. The zero-order chi connectivity index (χ0) is 21.0. The number of hydrogen-bond donors (Lipinski definition) is 1. The van der Waals surface area contributed by atoms with Gasteiger partial charge in [0.05, 0.1) is 26.7 Å². The lowest BCUT2D eigenvalue weighted by atomic mass is 10.1. The third-order valence-electron chi connectivity index (χ3n) is 4.37. The van der Waals surface area contributed by atoms with Crippen molar-refractivity contribution in [3.05, 3.63) is 23.9 Å². The molecule has 1 aliphatic rings. The largest absolute Gasteiger partial charge is 0.493 e. The van der Waals surface area contributed by atoms with E-state index in [2.05, 4.69) is 14.9 Å². The minimum atomic E-state index is -0.661. The van der Waals surface area contributed by atoms with Gasteiger partial charge in [0.25, 0.3) is 0 Å². The molecule has 1 unspecified atom stereocenters. The Morgan fingerprint density at radius 1 is 1.28 bits per heavy atom. The average molecular weight is 420 g/mol. The molecule has 0 radical (unpaired) electrons. The van der Waals surface area contributed by atoms with Crippen LogP contribution >= 0.6 is 11.5 Å². The van der Waals surface area contributed by atoms with Gasteiger partial charge < -0.3 is 24.4 Å². The minimum Gasteiger partial charge on any atom is -0.493 e. The summed E-state index contributed by atoms with van der Waals surface area (Å²) in [6.45, 7) is 2.05. The molecule has 1 saturated heterocycles. The number of nitrogens with zero attached hydrogens (tertiary/aromatic N) is 3. The molecule has 29 heavy (non-hydrogen) atoms. The molecule has 1 aromatic heterocycles. The summed E-state index contributed by atoms with van der Waals surface area (Å²) < 4.78 is 19.1. The zero-order valence-corrected chi connectivity index (χ0v) is 16.9. The number of carbonyl (C=O) groups excluding carboxylic acids is 3.